The summed E-state index contributed by atoms with van der Waals surface area (Å²) in [5.41, 5.74) is 6.56. The molecule has 0 spiro atoms. The fourth-order valence-electron chi connectivity index (χ4n) is 2.83. The first-order chi connectivity index (χ1) is 11.9. The second-order valence-corrected chi connectivity index (χ2v) is 8.35. The highest BCUT2D eigenvalue weighted by atomic mass is 35.5. The molecule has 5 nitrogen and oxygen atoms in total. The zero-order chi connectivity index (χ0) is 18.0. The number of rotatable bonds is 4. The van der Waals surface area contributed by atoms with E-state index < -0.39 is 0 Å². The third-order valence-electron chi connectivity index (χ3n) is 4.92. The molecule has 25 heavy (non-hydrogen) atoms. The van der Waals surface area contributed by atoms with Crippen LogP contribution in [0.25, 0.3) is 0 Å². The van der Waals surface area contributed by atoms with Gasteiger partial charge in [0, 0.05) is 24.2 Å². The Labute approximate surface area is 162 Å². The smallest absolute Gasteiger partial charge is 0.158 e. The Morgan fingerprint density at radius 1 is 1.28 bits per heavy atom. The molecule has 0 radical (unpaired) electrons. The SMILES string of the molecule is CCC1(C)CCN(c2cnc(Sc3ccnc(Cl)c3Cl)c(N)n2)CC1. The van der Waals surface area contributed by atoms with E-state index in [0.29, 0.717) is 21.3 Å². The van der Waals surface area contributed by atoms with E-state index >= 15 is 0 Å². The molecule has 2 aromatic heterocycles. The van der Waals surface area contributed by atoms with E-state index in [1.807, 2.05) is 0 Å². The van der Waals surface area contributed by atoms with Crippen LogP contribution in [0.4, 0.5) is 11.6 Å². The first kappa shape index (κ1) is 18.5. The fraction of sp³-hybridized carbons (Fsp3) is 0.471. The largest absolute Gasteiger partial charge is 0.381 e. The molecule has 1 aliphatic heterocycles. The minimum absolute atomic E-state index is 0.266. The Kier molecular flexibility index (Phi) is 5.61. The van der Waals surface area contributed by atoms with Crippen LogP contribution in [0.5, 0.6) is 0 Å². The van der Waals surface area contributed by atoms with Crippen molar-refractivity contribution in [2.45, 2.75) is 43.0 Å². The Hall–Kier alpha value is -1.24. The van der Waals surface area contributed by atoms with Crippen molar-refractivity contribution in [3.63, 3.8) is 0 Å². The van der Waals surface area contributed by atoms with Crippen molar-refractivity contribution < 1.29 is 0 Å². The molecule has 3 heterocycles. The number of piperidine rings is 1. The van der Waals surface area contributed by atoms with Gasteiger partial charge in [0.1, 0.15) is 16.0 Å². The summed E-state index contributed by atoms with van der Waals surface area (Å²) < 4.78 is 0. The molecule has 3 rings (SSSR count). The maximum absolute atomic E-state index is 6.18. The van der Waals surface area contributed by atoms with E-state index in [4.69, 9.17) is 28.9 Å². The van der Waals surface area contributed by atoms with Crippen LogP contribution >= 0.6 is 35.0 Å². The quantitative estimate of drug-likeness (QED) is 0.737. The number of anilines is 2. The van der Waals surface area contributed by atoms with Gasteiger partial charge in [-0.3, -0.25) is 0 Å². The van der Waals surface area contributed by atoms with Gasteiger partial charge in [0.2, 0.25) is 0 Å². The van der Waals surface area contributed by atoms with Gasteiger partial charge in [0.15, 0.2) is 5.82 Å². The number of halogens is 2. The van der Waals surface area contributed by atoms with Crippen LogP contribution in [0.1, 0.15) is 33.1 Å². The molecule has 8 heteroatoms. The van der Waals surface area contributed by atoms with Gasteiger partial charge in [-0.1, -0.05) is 55.2 Å². The molecular formula is C17H21Cl2N5S. The average molecular weight is 398 g/mol. The Morgan fingerprint density at radius 2 is 2.00 bits per heavy atom. The third kappa shape index (κ3) is 4.13. The van der Waals surface area contributed by atoms with E-state index in [2.05, 4.69) is 33.7 Å². The minimum atomic E-state index is 0.266. The summed E-state index contributed by atoms with van der Waals surface area (Å²) in [7, 11) is 0. The van der Waals surface area contributed by atoms with Crippen LogP contribution in [-0.4, -0.2) is 28.0 Å². The molecule has 134 valence electrons. The van der Waals surface area contributed by atoms with Gasteiger partial charge < -0.3 is 10.6 Å². The lowest BCUT2D eigenvalue weighted by molar-refractivity contribution is 0.237. The van der Waals surface area contributed by atoms with Crippen molar-refractivity contribution in [2.24, 2.45) is 5.41 Å². The van der Waals surface area contributed by atoms with Crippen molar-refractivity contribution in [3.8, 4) is 0 Å². The first-order valence-electron chi connectivity index (χ1n) is 8.27. The maximum Gasteiger partial charge on any atom is 0.158 e. The summed E-state index contributed by atoms with van der Waals surface area (Å²) >= 11 is 13.5. The number of aromatic nitrogens is 3. The van der Waals surface area contributed by atoms with Crippen LogP contribution in [0.3, 0.4) is 0 Å². The predicted octanol–water partition coefficient (Wildman–Crippen LogP) is 4.93. The van der Waals surface area contributed by atoms with Crippen LogP contribution in [0.2, 0.25) is 10.2 Å². The van der Waals surface area contributed by atoms with Gasteiger partial charge in [-0.05, 0) is 24.3 Å². The average Bonchev–Trinajstić information content (AvgIpc) is 2.61. The molecule has 1 saturated heterocycles. The monoisotopic (exact) mass is 397 g/mol. The van der Waals surface area contributed by atoms with Gasteiger partial charge in [-0.2, -0.15) is 0 Å². The van der Waals surface area contributed by atoms with Gasteiger partial charge in [-0.15, -0.1) is 0 Å². The topological polar surface area (TPSA) is 67.9 Å². The normalized spacial score (nSPS) is 16.9. The molecule has 0 amide bonds. The Bertz CT molecular complexity index is 763. The molecule has 1 aliphatic rings. The summed E-state index contributed by atoms with van der Waals surface area (Å²) in [6.07, 6.45) is 6.91. The third-order valence-corrected chi connectivity index (χ3v) is 6.86. The molecule has 0 aromatic carbocycles. The highest BCUT2D eigenvalue weighted by Gasteiger charge is 2.29. The lowest BCUT2D eigenvalue weighted by Gasteiger charge is -2.39. The molecule has 1 fully saturated rings. The molecule has 2 N–H and O–H groups in total. The van der Waals surface area contributed by atoms with Crippen molar-refractivity contribution in [1.29, 1.82) is 0 Å². The molecular weight excluding hydrogens is 377 g/mol. The standard InChI is InChI=1S/C17H21Cl2N5S/c1-3-17(2)5-8-24(9-6-17)12-10-22-16(15(20)23-12)25-11-4-7-21-14(19)13(11)18/h4,7,10H,3,5-6,8-9H2,1-2H3,(H2,20,23). The maximum atomic E-state index is 6.18. The summed E-state index contributed by atoms with van der Waals surface area (Å²) in [6, 6.07) is 1.78. The molecule has 0 atom stereocenters. The number of hydrogen-bond acceptors (Lipinski definition) is 6. The highest BCUT2D eigenvalue weighted by Crippen LogP contribution is 2.38. The van der Waals surface area contributed by atoms with E-state index in [1.54, 1.807) is 18.5 Å². The molecule has 2 aromatic rings. The van der Waals surface area contributed by atoms with Crippen LogP contribution in [0.15, 0.2) is 28.4 Å². The zero-order valence-corrected chi connectivity index (χ0v) is 16.6. The van der Waals surface area contributed by atoms with Crippen molar-refractivity contribution in [1.82, 2.24) is 15.0 Å². The number of nitrogen functional groups attached to an aromatic ring is 1. The number of pyridine rings is 1. The Balaban J connectivity index is 1.74. The van der Waals surface area contributed by atoms with Gasteiger partial charge in [0.05, 0.1) is 11.2 Å². The fourth-order valence-corrected chi connectivity index (χ4v) is 4.05. The van der Waals surface area contributed by atoms with Crippen LogP contribution in [0, 0.1) is 5.41 Å². The van der Waals surface area contributed by atoms with Gasteiger partial charge in [-0.25, -0.2) is 15.0 Å². The minimum Gasteiger partial charge on any atom is -0.381 e. The van der Waals surface area contributed by atoms with Crippen molar-refractivity contribution in [3.05, 3.63) is 28.6 Å². The highest BCUT2D eigenvalue weighted by molar-refractivity contribution is 7.99. The lowest BCUT2D eigenvalue weighted by Crippen LogP contribution is -2.39. The van der Waals surface area contributed by atoms with Crippen LogP contribution in [-0.2, 0) is 0 Å². The van der Waals surface area contributed by atoms with Crippen LogP contribution < -0.4 is 10.6 Å². The van der Waals surface area contributed by atoms with Crippen molar-refractivity contribution >= 4 is 46.6 Å². The predicted molar refractivity (Wildman–Crippen MR) is 105 cm³/mol. The summed E-state index contributed by atoms with van der Waals surface area (Å²) in [4.78, 5) is 16.0. The number of hydrogen-bond donors (Lipinski definition) is 1. The van der Waals surface area contributed by atoms with Gasteiger partial charge >= 0.3 is 0 Å². The Morgan fingerprint density at radius 3 is 2.64 bits per heavy atom. The van der Waals surface area contributed by atoms with E-state index in [1.165, 1.54) is 18.2 Å². The zero-order valence-electron chi connectivity index (χ0n) is 14.3. The van der Waals surface area contributed by atoms with E-state index in [0.717, 1.165) is 36.6 Å². The first-order valence-corrected chi connectivity index (χ1v) is 9.84. The van der Waals surface area contributed by atoms with Gasteiger partial charge in [0.25, 0.3) is 0 Å². The summed E-state index contributed by atoms with van der Waals surface area (Å²) in [5.74, 6) is 1.23. The molecule has 0 unspecified atom stereocenters. The van der Waals surface area contributed by atoms with Crippen molar-refractivity contribution in [2.75, 3.05) is 23.7 Å². The number of nitrogens with zero attached hydrogens (tertiary/aromatic N) is 4. The second kappa shape index (κ2) is 7.56. The lowest BCUT2D eigenvalue weighted by atomic mass is 9.78. The molecule has 0 saturated carbocycles. The number of nitrogens with two attached hydrogens (primary N) is 1. The van der Waals surface area contributed by atoms with E-state index in [9.17, 15) is 0 Å². The summed E-state index contributed by atoms with van der Waals surface area (Å²) in [5, 5.41) is 1.28. The summed E-state index contributed by atoms with van der Waals surface area (Å²) in [6.45, 7) is 6.58. The second-order valence-electron chi connectivity index (χ2n) is 6.59. The van der Waals surface area contributed by atoms with E-state index in [-0.39, 0.29) is 5.15 Å². The molecule has 0 bridgehead atoms. The molecule has 0 aliphatic carbocycles.